The van der Waals surface area contributed by atoms with Crippen molar-refractivity contribution in [3.8, 4) is 0 Å². The maximum atomic E-state index is 11.6. The molecule has 5 nitrogen and oxygen atoms in total. The summed E-state index contributed by atoms with van der Waals surface area (Å²) in [6.07, 6.45) is 0. The fourth-order valence-electron chi connectivity index (χ4n) is 4.95. The number of hydrogen-bond acceptors (Lipinski definition) is 6. The van der Waals surface area contributed by atoms with Gasteiger partial charge in [0.05, 0.1) is 11.4 Å². The van der Waals surface area contributed by atoms with Gasteiger partial charge in [0.25, 0.3) is 0 Å². The van der Waals surface area contributed by atoms with Gasteiger partial charge in [-0.25, -0.2) is 0 Å². The Morgan fingerprint density at radius 2 is 0.965 bits per heavy atom. The fourth-order valence-corrected chi connectivity index (χ4v) is 7.01. The third kappa shape index (κ3) is 17.3. The topological polar surface area (TPSA) is 60.9 Å². The van der Waals surface area contributed by atoms with Gasteiger partial charge >= 0.3 is 35.5 Å². The Hall–Kier alpha value is -2.51. The van der Waals surface area contributed by atoms with Gasteiger partial charge in [-0.2, -0.15) is 0 Å². The molecule has 6 aromatic rings. The molecule has 57 heavy (non-hydrogen) atoms. The standard InChI is InChI=1S/C21H19NO2S2.C17H13NS2.C3H6O.CHCl3.CH4.ClH.Na/c1-21(2,19(23)24)26-20(25)22(16-11-4-3-5-12-16)18-14-8-10-15-9-6-7-13-17(15)18;19-17(20)18(14-9-2-1-3-10-14)16-12-6-8-13-7-4-5-11-15(13)16;1-3(2)4;2-1(3)4;;;/h3-14H,1-2H3,(H,23,24);1-12H,(H,19,20);1-2H3;1H;1H4;1H;/q;;;;;;+1/p-1. The van der Waals surface area contributed by atoms with Crippen LogP contribution in [0.15, 0.2) is 146 Å². The Labute approximate surface area is 400 Å². The summed E-state index contributed by atoms with van der Waals surface area (Å²) in [5.41, 5.74) is 3.86. The number of anilines is 4. The van der Waals surface area contributed by atoms with Crippen molar-refractivity contribution in [1.82, 2.24) is 0 Å². The molecule has 0 aromatic heterocycles. The number of benzene rings is 6. The zero-order valence-electron chi connectivity index (χ0n) is 31.3. The van der Waals surface area contributed by atoms with Crippen molar-refractivity contribution in [3.05, 3.63) is 146 Å². The van der Waals surface area contributed by atoms with Gasteiger partial charge in [0.2, 0.25) is 0 Å². The molecule has 0 radical (unpaired) electrons. The molecule has 6 aromatic carbocycles. The van der Waals surface area contributed by atoms with E-state index < -0.39 is 15.0 Å². The molecule has 0 aliphatic carbocycles. The fraction of sp³-hybridized carbons (Fsp3) is 0.163. The summed E-state index contributed by atoms with van der Waals surface area (Å²) in [6, 6.07) is 48.3. The minimum absolute atomic E-state index is 0. The number of Topliss-reactive ketones (excluding diaryl/α,β-unsaturated/α-hetero) is 1. The molecule has 0 bridgehead atoms. The van der Waals surface area contributed by atoms with Crippen molar-refractivity contribution in [1.29, 1.82) is 0 Å². The molecule has 296 valence electrons. The van der Waals surface area contributed by atoms with Crippen LogP contribution < -0.4 is 39.4 Å². The van der Waals surface area contributed by atoms with Crippen molar-refractivity contribution in [2.24, 2.45) is 0 Å². The van der Waals surface area contributed by atoms with E-state index in [4.69, 9.17) is 71.9 Å². The second-order valence-corrected chi connectivity index (χ2v) is 17.2. The number of thiocarbonyl (C=S) groups is 2. The van der Waals surface area contributed by atoms with Crippen LogP contribution >= 0.6 is 83.4 Å². The number of halogens is 4. The van der Waals surface area contributed by atoms with E-state index in [-0.39, 0.29) is 55.2 Å². The number of hydrogen-bond donors (Lipinski definition) is 1. The number of carbonyl (C=O) groups excluding carboxylic acids is 1. The van der Waals surface area contributed by atoms with Crippen LogP contribution in [0.2, 0.25) is 0 Å². The normalized spacial score (nSPS) is 9.89. The average molecular weight is 929 g/mol. The Balaban J connectivity index is 0.000000902. The number of ketones is 1. The quantitative estimate of drug-likeness (QED) is 0.0762. The van der Waals surface area contributed by atoms with Gasteiger partial charge in [0.1, 0.15) is 14.9 Å². The van der Waals surface area contributed by atoms with E-state index in [9.17, 15) is 14.7 Å². The van der Waals surface area contributed by atoms with Crippen LogP contribution in [0, 0.1) is 0 Å². The monoisotopic (exact) mass is 926 g/mol. The minimum Gasteiger partial charge on any atom is -0.480 e. The number of carbonyl (C=O) groups is 2. The van der Waals surface area contributed by atoms with Crippen molar-refractivity contribution in [2.75, 3.05) is 9.80 Å². The second kappa shape index (κ2) is 27.3. The first-order chi connectivity index (χ1) is 25.6. The van der Waals surface area contributed by atoms with Crippen molar-refractivity contribution >= 4 is 161 Å². The van der Waals surface area contributed by atoms with Crippen LogP contribution in [0.25, 0.3) is 21.5 Å². The molecule has 0 unspecified atom stereocenters. The summed E-state index contributed by atoms with van der Waals surface area (Å²) in [5, 5.41) is 14.0. The molecule has 0 spiro atoms. The zero-order valence-corrected chi connectivity index (χ0v) is 39.6. The number of alkyl halides is 3. The van der Waals surface area contributed by atoms with E-state index >= 15 is 0 Å². The van der Waals surface area contributed by atoms with Crippen LogP contribution in [0.5, 0.6) is 0 Å². The number of rotatable bonds is 6. The summed E-state index contributed by atoms with van der Waals surface area (Å²) >= 11 is 31.9. The first-order valence-corrected chi connectivity index (χ1v) is 19.7. The number of thioether (sulfide) groups is 1. The van der Waals surface area contributed by atoms with Crippen molar-refractivity contribution in [3.63, 3.8) is 0 Å². The molecule has 0 amide bonds. The molecule has 0 aliphatic rings. The summed E-state index contributed by atoms with van der Waals surface area (Å²) in [4.78, 5) is 24.9. The molecule has 6 rings (SSSR count). The molecular formula is C43H43Cl4N2NaO3S4. The number of fused-ring (bicyclic) bond motifs is 2. The van der Waals surface area contributed by atoms with Gasteiger partial charge in [-0.05, 0) is 74.9 Å². The Morgan fingerprint density at radius 3 is 1.33 bits per heavy atom. The predicted octanol–water partition coefficient (Wildman–Crippen LogP) is 11.3. The van der Waals surface area contributed by atoms with Crippen molar-refractivity contribution in [2.45, 2.75) is 44.2 Å². The number of carboxylic acids is 1. The van der Waals surface area contributed by atoms with Gasteiger partial charge in [-0.15, -0.1) is 12.4 Å². The minimum atomic E-state index is -1.02. The number of nitrogens with zero attached hydrogens (tertiary/aromatic N) is 2. The van der Waals surface area contributed by atoms with Crippen LogP contribution in [0.1, 0.15) is 35.1 Å². The first-order valence-electron chi connectivity index (χ1n) is 16.4. The van der Waals surface area contributed by atoms with E-state index in [1.165, 1.54) is 31.0 Å². The molecule has 14 heteroatoms. The number of aliphatic carboxylic acids is 1. The summed E-state index contributed by atoms with van der Waals surface area (Å²) in [6.45, 7) is 6.39. The summed E-state index contributed by atoms with van der Waals surface area (Å²) in [5.74, 6) is -0.726. The van der Waals surface area contributed by atoms with Gasteiger partial charge in [0.15, 0.2) is 4.30 Å². The third-order valence-corrected chi connectivity index (χ3v) is 9.11. The van der Waals surface area contributed by atoms with Crippen LogP contribution in [0.4, 0.5) is 22.7 Å². The number of carboxylic acid groups (broad SMARTS) is 1. The maximum absolute atomic E-state index is 11.6. The van der Waals surface area contributed by atoms with E-state index in [1.807, 2.05) is 119 Å². The zero-order chi connectivity index (χ0) is 39.8. The van der Waals surface area contributed by atoms with Crippen LogP contribution in [-0.4, -0.2) is 34.5 Å². The molecule has 0 atom stereocenters. The van der Waals surface area contributed by atoms with Crippen LogP contribution in [-0.2, 0) is 22.2 Å². The Bertz CT molecular complexity index is 2170. The summed E-state index contributed by atoms with van der Waals surface area (Å²) in [7, 11) is 0. The SMILES string of the molecule is C.CC(C)(SC(=S)N(c1ccccc1)c1cccc2ccccc12)C(=O)O.CC(C)=O.Cl.ClC(Cl)Cl.S=C([S-])N(c1ccccc1)c1cccc2ccccc12.[Na+]. The van der Waals surface area contributed by atoms with E-state index in [0.29, 0.717) is 8.64 Å². The van der Waals surface area contributed by atoms with Crippen LogP contribution in [0.3, 0.4) is 0 Å². The maximum Gasteiger partial charge on any atom is 1.00 e. The molecule has 0 aliphatic heterocycles. The van der Waals surface area contributed by atoms with Gasteiger partial charge in [0, 0.05) is 22.1 Å². The second-order valence-electron chi connectivity index (χ2n) is 11.9. The molecule has 0 saturated carbocycles. The van der Waals surface area contributed by atoms with Gasteiger partial charge in [-0.1, -0.05) is 180 Å². The Kier molecular flexibility index (Phi) is 26.1. The van der Waals surface area contributed by atoms with Crippen molar-refractivity contribution < 1.29 is 44.3 Å². The number of para-hydroxylation sites is 2. The molecule has 1 N–H and O–H groups in total. The van der Waals surface area contributed by atoms with Gasteiger partial charge in [-0.3, -0.25) is 9.69 Å². The predicted molar refractivity (Wildman–Crippen MR) is 259 cm³/mol. The first kappa shape index (κ1) is 54.5. The molecular weight excluding hydrogens is 886 g/mol. The molecule has 0 saturated heterocycles. The smallest absolute Gasteiger partial charge is 0.480 e. The molecule has 0 fully saturated rings. The molecule has 0 heterocycles. The largest absolute Gasteiger partial charge is 1.00 e. The Morgan fingerprint density at radius 1 is 0.649 bits per heavy atom. The van der Waals surface area contributed by atoms with E-state index in [1.54, 1.807) is 13.8 Å². The average Bonchev–Trinajstić information content (AvgIpc) is 3.12. The van der Waals surface area contributed by atoms with E-state index in [2.05, 4.69) is 36.4 Å². The van der Waals surface area contributed by atoms with E-state index in [0.717, 1.165) is 38.9 Å². The summed E-state index contributed by atoms with van der Waals surface area (Å²) < 4.78 is -0.846. The third-order valence-electron chi connectivity index (χ3n) is 7.27. The van der Waals surface area contributed by atoms with Gasteiger partial charge < -0.3 is 39.6 Å².